The van der Waals surface area contributed by atoms with E-state index in [0.29, 0.717) is 0 Å². The molecule has 0 aromatic heterocycles. The second-order valence-electron chi connectivity index (χ2n) is 2.61. The zero-order chi connectivity index (χ0) is 10.6. The van der Waals surface area contributed by atoms with Gasteiger partial charge in [0.05, 0.1) is 5.56 Å². The molecule has 1 rings (SSSR count). The van der Waals surface area contributed by atoms with Gasteiger partial charge in [-0.25, -0.2) is 13.6 Å². The van der Waals surface area contributed by atoms with Crippen LogP contribution in [0.1, 0.15) is 10.4 Å². The van der Waals surface area contributed by atoms with Crippen LogP contribution >= 0.6 is 0 Å². The van der Waals surface area contributed by atoms with Gasteiger partial charge in [0.25, 0.3) is 0 Å². The predicted octanol–water partition coefficient (Wildman–Crippen LogP) is 1.91. The summed E-state index contributed by atoms with van der Waals surface area (Å²) in [6, 6.07) is 3.28. The van der Waals surface area contributed by atoms with Crippen molar-refractivity contribution in [1.29, 1.82) is 0 Å². The van der Waals surface area contributed by atoms with Crippen molar-refractivity contribution in [2.75, 3.05) is 18.5 Å². The van der Waals surface area contributed by atoms with Crippen LogP contribution < -0.4 is 5.32 Å². The van der Waals surface area contributed by atoms with Gasteiger partial charge < -0.3 is 10.4 Å². The van der Waals surface area contributed by atoms with Gasteiger partial charge in [0.15, 0.2) is 0 Å². The van der Waals surface area contributed by atoms with Gasteiger partial charge in [0, 0.05) is 12.2 Å². The lowest BCUT2D eigenvalue weighted by Gasteiger charge is -2.07. The van der Waals surface area contributed by atoms with Gasteiger partial charge in [-0.3, -0.25) is 0 Å². The van der Waals surface area contributed by atoms with Crippen molar-refractivity contribution >= 4 is 11.7 Å². The van der Waals surface area contributed by atoms with Crippen LogP contribution in [-0.2, 0) is 0 Å². The number of aromatic carboxylic acids is 1. The number of alkyl halides is 1. The Morgan fingerprint density at radius 1 is 1.50 bits per heavy atom. The average molecular weight is 201 g/mol. The third kappa shape index (κ3) is 2.42. The number of carbonyl (C=O) groups is 1. The fraction of sp³-hybridized carbons (Fsp3) is 0.222. The molecule has 1 aromatic rings. The van der Waals surface area contributed by atoms with Crippen molar-refractivity contribution < 1.29 is 18.7 Å². The molecule has 0 saturated heterocycles. The van der Waals surface area contributed by atoms with Crippen LogP contribution in [0.4, 0.5) is 14.5 Å². The normalized spacial score (nSPS) is 9.86. The molecule has 3 nitrogen and oxygen atoms in total. The Hall–Kier alpha value is -1.65. The SMILES string of the molecule is O=C(O)c1cc(F)ccc1NCCF. The Kier molecular flexibility index (Phi) is 3.39. The number of halogens is 2. The van der Waals surface area contributed by atoms with Crippen molar-refractivity contribution in [1.82, 2.24) is 0 Å². The van der Waals surface area contributed by atoms with Crippen LogP contribution in [0.15, 0.2) is 18.2 Å². The summed E-state index contributed by atoms with van der Waals surface area (Å²) in [7, 11) is 0. The lowest BCUT2D eigenvalue weighted by Crippen LogP contribution is -2.09. The average Bonchev–Trinajstić information content (AvgIpc) is 2.15. The molecule has 0 aliphatic heterocycles. The van der Waals surface area contributed by atoms with E-state index in [1.165, 1.54) is 6.07 Å². The van der Waals surface area contributed by atoms with E-state index in [0.717, 1.165) is 12.1 Å². The summed E-state index contributed by atoms with van der Waals surface area (Å²) < 4.78 is 24.5. The van der Waals surface area contributed by atoms with E-state index in [9.17, 15) is 13.6 Å². The zero-order valence-electron chi connectivity index (χ0n) is 7.26. The summed E-state index contributed by atoms with van der Waals surface area (Å²) in [6.45, 7) is -0.609. The molecule has 0 aliphatic carbocycles. The summed E-state index contributed by atoms with van der Waals surface area (Å²) in [5.41, 5.74) is 0.0231. The minimum Gasteiger partial charge on any atom is -0.478 e. The topological polar surface area (TPSA) is 49.3 Å². The number of hydrogen-bond donors (Lipinski definition) is 2. The minimum atomic E-state index is -1.24. The van der Waals surface area contributed by atoms with Crippen molar-refractivity contribution in [3.8, 4) is 0 Å². The van der Waals surface area contributed by atoms with Crippen LogP contribution in [0, 0.1) is 5.82 Å². The third-order valence-electron chi connectivity index (χ3n) is 1.62. The first kappa shape index (κ1) is 10.4. The van der Waals surface area contributed by atoms with E-state index in [4.69, 9.17) is 5.11 Å². The quantitative estimate of drug-likeness (QED) is 0.782. The highest BCUT2D eigenvalue weighted by Gasteiger charge is 2.10. The number of rotatable bonds is 4. The number of anilines is 1. The Morgan fingerprint density at radius 3 is 2.79 bits per heavy atom. The Balaban J connectivity index is 2.96. The van der Waals surface area contributed by atoms with E-state index in [1.807, 2.05) is 0 Å². The number of hydrogen-bond acceptors (Lipinski definition) is 2. The highest BCUT2D eigenvalue weighted by atomic mass is 19.1. The molecule has 0 saturated carbocycles. The second kappa shape index (κ2) is 4.55. The standard InChI is InChI=1S/C9H9F2NO2/c10-3-4-12-8-2-1-6(11)5-7(8)9(13)14/h1-2,5,12H,3-4H2,(H,13,14). The highest BCUT2D eigenvalue weighted by Crippen LogP contribution is 2.16. The summed E-state index contributed by atoms with van der Waals surface area (Å²) >= 11 is 0. The molecule has 0 radical (unpaired) electrons. The van der Waals surface area contributed by atoms with Crippen molar-refractivity contribution in [2.45, 2.75) is 0 Å². The third-order valence-corrected chi connectivity index (χ3v) is 1.62. The van der Waals surface area contributed by atoms with Gasteiger partial charge in [-0.05, 0) is 18.2 Å². The maximum Gasteiger partial charge on any atom is 0.337 e. The van der Waals surface area contributed by atoms with Crippen LogP contribution in [0.25, 0.3) is 0 Å². The number of carboxylic acid groups (broad SMARTS) is 1. The van der Waals surface area contributed by atoms with Crippen LogP contribution in [-0.4, -0.2) is 24.3 Å². The van der Waals surface area contributed by atoms with Gasteiger partial charge in [0.1, 0.15) is 12.5 Å². The van der Waals surface area contributed by atoms with Crippen LogP contribution in [0.5, 0.6) is 0 Å². The van der Waals surface area contributed by atoms with Gasteiger partial charge in [0.2, 0.25) is 0 Å². The van der Waals surface area contributed by atoms with Crippen LogP contribution in [0.2, 0.25) is 0 Å². The molecule has 0 unspecified atom stereocenters. The van der Waals surface area contributed by atoms with Crippen molar-refractivity contribution in [2.24, 2.45) is 0 Å². The molecule has 2 N–H and O–H groups in total. The molecule has 0 bridgehead atoms. The molecular weight excluding hydrogens is 192 g/mol. The molecule has 0 spiro atoms. The minimum absolute atomic E-state index is 0.00587. The summed E-state index contributed by atoms with van der Waals surface area (Å²) in [5, 5.41) is 11.2. The zero-order valence-corrected chi connectivity index (χ0v) is 7.26. The number of nitrogens with one attached hydrogen (secondary N) is 1. The number of carboxylic acids is 1. The first-order valence-corrected chi connectivity index (χ1v) is 3.98. The van der Waals surface area contributed by atoms with Gasteiger partial charge >= 0.3 is 5.97 Å². The Morgan fingerprint density at radius 2 is 2.21 bits per heavy atom. The summed E-state index contributed by atoms with van der Waals surface area (Å²) in [4.78, 5) is 10.6. The highest BCUT2D eigenvalue weighted by molar-refractivity contribution is 5.94. The number of benzene rings is 1. The first-order valence-electron chi connectivity index (χ1n) is 3.98. The summed E-state index contributed by atoms with van der Waals surface area (Å²) in [6.07, 6.45) is 0. The fourth-order valence-electron chi connectivity index (χ4n) is 1.03. The molecule has 0 amide bonds. The molecule has 0 atom stereocenters. The van der Waals surface area contributed by atoms with Gasteiger partial charge in [-0.2, -0.15) is 0 Å². The molecule has 0 fully saturated rings. The van der Waals surface area contributed by atoms with Crippen LogP contribution in [0.3, 0.4) is 0 Å². The maximum absolute atomic E-state index is 12.7. The molecule has 0 heterocycles. The maximum atomic E-state index is 12.7. The molecule has 76 valence electrons. The largest absolute Gasteiger partial charge is 0.478 e. The first-order chi connectivity index (χ1) is 6.65. The van der Waals surface area contributed by atoms with E-state index >= 15 is 0 Å². The smallest absolute Gasteiger partial charge is 0.337 e. The van der Waals surface area contributed by atoms with E-state index in [1.54, 1.807) is 0 Å². The Bertz CT molecular complexity index is 342. The fourth-order valence-corrected chi connectivity index (χ4v) is 1.03. The Labute approximate surface area is 79.4 Å². The molecule has 5 heteroatoms. The van der Waals surface area contributed by atoms with Crippen molar-refractivity contribution in [3.05, 3.63) is 29.6 Å². The predicted molar refractivity (Wildman–Crippen MR) is 47.8 cm³/mol. The van der Waals surface area contributed by atoms with E-state index in [-0.39, 0.29) is 17.8 Å². The molecule has 0 aliphatic rings. The molecule has 14 heavy (non-hydrogen) atoms. The second-order valence-corrected chi connectivity index (χ2v) is 2.61. The lowest BCUT2D eigenvalue weighted by atomic mass is 10.1. The van der Waals surface area contributed by atoms with Gasteiger partial charge in [-0.15, -0.1) is 0 Å². The van der Waals surface area contributed by atoms with E-state index < -0.39 is 18.5 Å². The summed E-state index contributed by atoms with van der Waals surface area (Å²) in [5.74, 6) is -1.88. The monoisotopic (exact) mass is 201 g/mol. The lowest BCUT2D eigenvalue weighted by molar-refractivity contribution is 0.0697. The van der Waals surface area contributed by atoms with Gasteiger partial charge in [-0.1, -0.05) is 0 Å². The molecular formula is C9H9F2NO2. The van der Waals surface area contributed by atoms with E-state index in [2.05, 4.69) is 5.32 Å². The van der Waals surface area contributed by atoms with Crippen molar-refractivity contribution in [3.63, 3.8) is 0 Å². The molecule has 1 aromatic carbocycles.